The fourth-order valence-corrected chi connectivity index (χ4v) is 2.04. The van der Waals surface area contributed by atoms with Crippen LogP contribution in [0.1, 0.15) is 15.9 Å². The van der Waals surface area contributed by atoms with Crippen LogP contribution < -0.4 is 15.2 Å². The summed E-state index contributed by atoms with van der Waals surface area (Å²) < 4.78 is 10.3. The van der Waals surface area contributed by atoms with E-state index in [1.165, 1.54) is 0 Å². The molecule has 0 heterocycles. The maximum Gasteiger partial charge on any atom is 0.169 e. The number of carbonyl (C=O) groups excluding carboxylic acids is 1. The molecule has 2 aromatic carbocycles. The number of hydrogen-bond acceptors (Lipinski definition) is 4. The first-order valence-electron chi connectivity index (χ1n) is 6.24. The summed E-state index contributed by atoms with van der Waals surface area (Å²) in [6.07, 6.45) is 0.251. The SMILES string of the molecule is COc1ccc(C(=O)Cc2ccccc2OC)c(N)c1. The van der Waals surface area contributed by atoms with Gasteiger partial charge < -0.3 is 15.2 Å². The molecule has 4 nitrogen and oxygen atoms in total. The van der Waals surface area contributed by atoms with E-state index in [9.17, 15) is 4.79 Å². The maximum absolute atomic E-state index is 12.3. The van der Waals surface area contributed by atoms with Crippen LogP contribution in [0.4, 0.5) is 5.69 Å². The van der Waals surface area contributed by atoms with Crippen LogP contribution in [0.25, 0.3) is 0 Å². The van der Waals surface area contributed by atoms with Gasteiger partial charge in [-0.2, -0.15) is 0 Å². The number of Topliss-reactive ketones (excluding diaryl/α,β-unsaturated/α-hetero) is 1. The molecule has 0 saturated carbocycles. The first kappa shape index (κ1) is 13.9. The number of nitrogens with two attached hydrogens (primary N) is 1. The van der Waals surface area contributed by atoms with Gasteiger partial charge in [0.05, 0.1) is 14.2 Å². The van der Waals surface area contributed by atoms with Crippen molar-refractivity contribution in [1.82, 2.24) is 0 Å². The van der Waals surface area contributed by atoms with Gasteiger partial charge in [-0.05, 0) is 18.2 Å². The van der Waals surface area contributed by atoms with Crippen molar-refractivity contribution in [1.29, 1.82) is 0 Å². The van der Waals surface area contributed by atoms with Crippen LogP contribution in [0.5, 0.6) is 11.5 Å². The lowest BCUT2D eigenvalue weighted by Crippen LogP contribution is -2.08. The fourth-order valence-electron chi connectivity index (χ4n) is 2.04. The first-order chi connectivity index (χ1) is 9.65. The molecule has 0 aliphatic rings. The monoisotopic (exact) mass is 271 g/mol. The highest BCUT2D eigenvalue weighted by atomic mass is 16.5. The van der Waals surface area contributed by atoms with E-state index in [-0.39, 0.29) is 12.2 Å². The van der Waals surface area contributed by atoms with Crippen LogP contribution in [-0.2, 0) is 6.42 Å². The Kier molecular flexibility index (Phi) is 4.25. The predicted octanol–water partition coefficient (Wildman–Crippen LogP) is 2.71. The molecular weight excluding hydrogens is 254 g/mol. The normalized spacial score (nSPS) is 10.1. The van der Waals surface area contributed by atoms with Gasteiger partial charge in [-0.25, -0.2) is 0 Å². The van der Waals surface area contributed by atoms with E-state index >= 15 is 0 Å². The van der Waals surface area contributed by atoms with Crippen LogP contribution in [0.3, 0.4) is 0 Å². The van der Waals surface area contributed by atoms with E-state index < -0.39 is 0 Å². The first-order valence-corrected chi connectivity index (χ1v) is 6.24. The largest absolute Gasteiger partial charge is 0.497 e. The van der Waals surface area contributed by atoms with E-state index in [1.54, 1.807) is 32.4 Å². The molecule has 0 saturated heterocycles. The lowest BCUT2D eigenvalue weighted by Gasteiger charge is -2.09. The third kappa shape index (κ3) is 2.91. The summed E-state index contributed by atoms with van der Waals surface area (Å²) in [5, 5.41) is 0. The van der Waals surface area contributed by atoms with Crippen molar-refractivity contribution < 1.29 is 14.3 Å². The second-order valence-electron chi connectivity index (χ2n) is 4.36. The van der Waals surface area contributed by atoms with E-state index in [4.69, 9.17) is 15.2 Å². The summed E-state index contributed by atoms with van der Waals surface area (Å²) in [5.41, 5.74) is 7.65. The zero-order valence-electron chi connectivity index (χ0n) is 11.6. The van der Waals surface area contributed by atoms with Crippen molar-refractivity contribution in [2.24, 2.45) is 0 Å². The van der Waals surface area contributed by atoms with Gasteiger partial charge in [0, 0.05) is 29.3 Å². The highest BCUT2D eigenvalue weighted by Crippen LogP contribution is 2.24. The highest BCUT2D eigenvalue weighted by Gasteiger charge is 2.13. The lowest BCUT2D eigenvalue weighted by atomic mass is 10.0. The van der Waals surface area contributed by atoms with Gasteiger partial charge in [-0.3, -0.25) is 4.79 Å². The Labute approximate surface area is 118 Å². The molecule has 0 fully saturated rings. The summed E-state index contributed by atoms with van der Waals surface area (Å²) >= 11 is 0. The number of benzene rings is 2. The third-order valence-corrected chi connectivity index (χ3v) is 3.10. The van der Waals surface area contributed by atoms with Crippen molar-refractivity contribution in [3.8, 4) is 11.5 Å². The van der Waals surface area contributed by atoms with Crippen molar-refractivity contribution >= 4 is 11.5 Å². The Morgan fingerprint density at radius 3 is 2.50 bits per heavy atom. The maximum atomic E-state index is 12.3. The molecule has 4 heteroatoms. The third-order valence-electron chi connectivity index (χ3n) is 3.10. The molecule has 0 unspecified atom stereocenters. The number of carbonyl (C=O) groups is 1. The summed E-state index contributed by atoms with van der Waals surface area (Å²) in [7, 11) is 3.15. The standard InChI is InChI=1S/C16H17NO3/c1-19-12-7-8-13(14(17)10-12)15(18)9-11-5-3-4-6-16(11)20-2/h3-8,10H,9,17H2,1-2H3. The summed E-state index contributed by atoms with van der Waals surface area (Å²) in [6.45, 7) is 0. The molecule has 0 aromatic heterocycles. The molecule has 104 valence electrons. The summed E-state index contributed by atoms with van der Waals surface area (Å²) in [5.74, 6) is 1.29. The Hall–Kier alpha value is -2.49. The molecule has 0 aliphatic carbocycles. The zero-order valence-corrected chi connectivity index (χ0v) is 11.6. The molecular formula is C16H17NO3. The van der Waals surface area contributed by atoms with Gasteiger partial charge in [0.25, 0.3) is 0 Å². The number of rotatable bonds is 5. The van der Waals surface area contributed by atoms with Crippen molar-refractivity contribution in [2.75, 3.05) is 20.0 Å². The van der Waals surface area contributed by atoms with Crippen LogP contribution in [-0.4, -0.2) is 20.0 Å². The minimum atomic E-state index is -0.0466. The molecule has 0 aliphatic heterocycles. The average Bonchev–Trinajstić information content (AvgIpc) is 2.47. The van der Waals surface area contributed by atoms with Gasteiger partial charge in [-0.15, -0.1) is 0 Å². The van der Waals surface area contributed by atoms with E-state index in [0.717, 1.165) is 5.56 Å². The number of anilines is 1. The second kappa shape index (κ2) is 6.10. The smallest absolute Gasteiger partial charge is 0.169 e. The van der Waals surface area contributed by atoms with E-state index in [2.05, 4.69) is 0 Å². The molecule has 20 heavy (non-hydrogen) atoms. The van der Waals surface area contributed by atoms with Gasteiger partial charge >= 0.3 is 0 Å². The molecule has 0 bridgehead atoms. The van der Waals surface area contributed by atoms with Gasteiger partial charge in [-0.1, -0.05) is 18.2 Å². The van der Waals surface area contributed by atoms with Crippen LogP contribution in [0.2, 0.25) is 0 Å². The van der Waals surface area contributed by atoms with Gasteiger partial charge in [0.15, 0.2) is 5.78 Å². The molecule has 2 rings (SSSR count). The Morgan fingerprint density at radius 2 is 1.85 bits per heavy atom. The quantitative estimate of drug-likeness (QED) is 0.671. The Bertz CT molecular complexity index is 623. The second-order valence-corrected chi connectivity index (χ2v) is 4.36. The van der Waals surface area contributed by atoms with Crippen LogP contribution in [0.15, 0.2) is 42.5 Å². The molecule has 0 radical (unpaired) electrons. The number of ether oxygens (including phenoxy) is 2. The average molecular weight is 271 g/mol. The summed E-state index contributed by atoms with van der Waals surface area (Å²) in [4.78, 5) is 12.3. The molecule has 0 amide bonds. The lowest BCUT2D eigenvalue weighted by molar-refractivity contribution is 0.0993. The number of para-hydroxylation sites is 1. The zero-order chi connectivity index (χ0) is 14.5. The van der Waals surface area contributed by atoms with Crippen molar-refractivity contribution in [2.45, 2.75) is 6.42 Å². The van der Waals surface area contributed by atoms with Crippen molar-refractivity contribution in [3.63, 3.8) is 0 Å². The van der Waals surface area contributed by atoms with Gasteiger partial charge in [0.1, 0.15) is 11.5 Å². The minimum absolute atomic E-state index is 0.0466. The molecule has 2 aromatic rings. The predicted molar refractivity (Wildman–Crippen MR) is 78.4 cm³/mol. The summed E-state index contributed by atoms with van der Waals surface area (Å²) in [6, 6.07) is 12.5. The topological polar surface area (TPSA) is 61.5 Å². The number of nitrogen functional groups attached to an aromatic ring is 1. The van der Waals surface area contributed by atoms with E-state index in [0.29, 0.717) is 22.7 Å². The van der Waals surface area contributed by atoms with Crippen LogP contribution >= 0.6 is 0 Å². The minimum Gasteiger partial charge on any atom is -0.497 e. The number of ketones is 1. The molecule has 0 spiro atoms. The molecule has 0 atom stereocenters. The highest BCUT2D eigenvalue weighted by molar-refractivity contribution is 6.02. The number of methoxy groups -OCH3 is 2. The Morgan fingerprint density at radius 1 is 1.10 bits per heavy atom. The fraction of sp³-hybridized carbons (Fsp3) is 0.188. The van der Waals surface area contributed by atoms with Gasteiger partial charge in [0.2, 0.25) is 0 Å². The van der Waals surface area contributed by atoms with Crippen molar-refractivity contribution in [3.05, 3.63) is 53.6 Å². The Balaban J connectivity index is 2.24. The molecule has 2 N–H and O–H groups in total. The number of hydrogen-bond donors (Lipinski definition) is 1. The van der Waals surface area contributed by atoms with E-state index in [1.807, 2.05) is 24.3 Å². The van der Waals surface area contributed by atoms with Crippen LogP contribution in [0, 0.1) is 0 Å².